The summed E-state index contributed by atoms with van der Waals surface area (Å²) in [5, 5.41) is 0. The summed E-state index contributed by atoms with van der Waals surface area (Å²) < 4.78 is 5.50. The molecule has 1 saturated carbocycles. The zero-order valence-corrected chi connectivity index (χ0v) is 10.2. The normalized spacial score (nSPS) is 15.4. The molecule has 0 unspecified atom stereocenters. The standard InChI is InChI=1S/C11H16ClN3O/c1-15(10-2-3-10)4-5-16-11-8-13-9(6-12)7-14-11/h7-8,10H,2-6H2,1H3. The fourth-order valence-corrected chi connectivity index (χ4v) is 1.62. The topological polar surface area (TPSA) is 38.2 Å². The number of halogens is 1. The van der Waals surface area contributed by atoms with Crippen molar-refractivity contribution in [3.63, 3.8) is 0 Å². The number of hydrogen-bond acceptors (Lipinski definition) is 4. The highest BCUT2D eigenvalue weighted by Crippen LogP contribution is 2.24. The maximum absolute atomic E-state index is 5.62. The van der Waals surface area contributed by atoms with Gasteiger partial charge < -0.3 is 9.64 Å². The molecule has 16 heavy (non-hydrogen) atoms. The van der Waals surface area contributed by atoms with Crippen LogP contribution in [0, 0.1) is 0 Å². The smallest absolute Gasteiger partial charge is 0.232 e. The molecule has 0 saturated heterocycles. The second kappa shape index (κ2) is 5.46. The quantitative estimate of drug-likeness (QED) is 0.711. The molecule has 1 heterocycles. The molecule has 5 heteroatoms. The van der Waals surface area contributed by atoms with Gasteiger partial charge in [-0.2, -0.15) is 0 Å². The number of hydrogen-bond donors (Lipinski definition) is 0. The van der Waals surface area contributed by atoms with Crippen LogP contribution < -0.4 is 4.74 Å². The third kappa shape index (κ3) is 3.32. The number of likely N-dealkylation sites (N-methyl/N-ethyl adjacent to an activating group) is 1. The monoisotopic (exact) mass is 241 g/mol. The molecule has 0 radical (unpaired) electrons. The van der Waals surface area contributed by atoms with Crippen molar-refractivity contribution >= 4 is 11.6 Å². The molecule has 0 aromatic carbocycles. The predicted molar refractivity (Wildman–Crippen MR) is 62.7 cm³/mol. The van der Waals surface area contributed by atoms with Crippen molar-refractivity contribution in [3.05, 3.63) is 18.1 Å². The second-order valence-corrected chi connectivity index (χ2v) is 4.31. The Morgan fingerprint density at radius 1 is 1.44 bits per heavy atom. The van der Waals surface area contributed by atoms with E-state index in [2.05, 4.69) is 21.9 Å². The number of nitrogens with zero attached hydrogens (tertiary/aromatic N) is 3. The van der Waals surface area contributed by atoms with E-state index in [-0.39, 0.29) is 0 Å². The van der Waals surface area contributed by atoms with Gasteiger partial charge >= 0.3 is 0 Å². The van der Waals surface area contributed by atoms with Gasteiger partial charge in [-0.25, -0.2) is 4.98 Å². The van der Waals surface area contributed by atoms with E-state index in [0.717, 1.165) is 18.3 Å². The zero-order chi connectivity index (χ0) is 11.4. The van der Waals surface area contributed by atoms with Crippen molar-refractivity contribution in [3.8, 4) is 5.88 Å². The van der Waals surface area contributed by atoms with Gasteiger partial charge in [0.25, 0.3) is 0 Å². The Kier molecular flexibility index (Phi) is 3.96. The molecule has 1 aliphatic rings. The fraction of sp³-hybridized carbons (Fsp3) is 0.636. The van der Waals surface area contributed by atoms with Gasteiger partial charge in [0.1, 0.15) is 6.61 Å². The molecule has 1 fully saturated rings. The Labute approximate surface area is 101 Å². The van der Waals surface area contributed by atoms with Crippen LogP contribution in [0.15, 0.2) is 12.4 Å². The molecule has 0 amide bonds. The van der Waals surface area contributed by atoms with Crippen LogP contribution in [-0.2, 0) is 5.88 Å². The largest absolute Gasteiger partial charge is 0.475 e. The van der Waals surface area contributed by atoms with Gasteiger partial charge in [-0.15, -0.1) is 11.6 Å². The first-order valence-corrected chi connectivity index (χ1v) is 6.03. The molecule has 2 rings (SSSR count). The van der Waals surface area contributed by atoms with Crippen LogP contribution in [0.5, 0.6) is 5.88 Å². The fourth-order valence-electron chi connectivity index (χ4n) is 1.48. The average Bonchev–Trinajstić information content (AvgIpc) is 3.14. The Morgan fingerprint density at radius 2 is 2.25 bits per heavy atom. The van der Waals surface area contributed by atoms with Crippen molar-refractivity contribution in [2.75, 3.05) is 20.2 Å². The highest BCUT2D eigenvalue weighted by atomic mass is 35.5. The van der Waals surface area contributed by atoms with Crippen LogP contribution in [-0.4, -0.2) is 41.1 Å². The maximum atomic E-state index is 5.62. The van der Waals surface area contributed by atoms with Gasteiger partial charge in [0.2, 0.25) is 5.88 Å². The SMILES string of the molecule is CN(CCOc1cnc(CCl)cn1)C1CC1. The first-order valence-electron chi connectivity index (χ1n) is 5.49. The van der Waals surface area contributed by atoms with E-state index in [4.69, 9.17) is 16.3 Å². The minimum Gasteiger partial charge on any atom is -0.475 e. The molecule has 1 aliphatic carbocycles. The van der Waals surface area contributed by atoms with Gasteiger partial charge in [0, 0.05) is 12.6 Å². The summed E-state index contributed by atoms with van der Waals surface area (Å²) in [6.45, 7) is 1.59. The Morgan fingerprint density at radius 3 is 2.81 bits per heavy atom. The molecule has 0 N–H and O–H groups in total. The summed E-state index contributed by atoms with van der Waals surface area (Å²) in [5.74, 6) is 0.954. The van der Waals surface area contributed by atoms with Gasteiger partial charge in [-0.3, -0.25) is 4.98 Å². The van der Waals surface area contributed by atoms with Crippen molar-refractivity contribution in [1.29, 1.82) is 0 Å². The lowest BCUT2D eigenvalue weighted by Crippen LogP contribution is -2.26. The summed E-state index contributed by atoms with van der Waals surface area (Å²) >= 11 is 5.62. The van der Waals surface area contributed by atoms with Crippen molar-refractivity contribution < 1.29 is 4.74 Å². The first-order chi connectivity index (χ1) is 7.79. The maximum Gasteiger partial charge on any atom is 0.232 e. The highest BCUT2D eigenvalue weighted by Gasteiger charge is 2.25. The van der Waals surface area contributed by atoms with E-state index in [1.807, 2.05) is 0 Å². The minimum absolute atomic E-state index is 0.387. The molecule has 0 spiro atoms. The zero-order valence-electron chi connectivity index (χ0n) is 9.40. The van der Waals surface area contributed by atoms with E-state index in [9.17, 15) is 0 Å². The van der Waals surface area contributed by atoms with Gasteiger partial charge in [0.05, 0.1) is 24.0 Å². The van der Waals surface area contributed by atoms with Crippen LogP contribution in [0.3, 0.4) is 0 Å². The molecular weight excluding hydrogens is 226 g/mol. The lowest BCUT2D eigenvalue weighted by molar-refractivity contribution is 0.226. The van der Waals surface area contributed by atoms with Crippen molar-refractivity contribution in [2.24, 2.45) is 0 Å². The molecule has 0 bridgehead atoms. The van der Waals surface area contributed by atoms with E-state index < -0.39 is 0 Å². The third-order valence-electron chi connectivity index (χ3n) is 2.68. The lowest BCUT2D eigenvalue weighted by atomic mass is 10.5. The molecule has 0 atom stereocenters. The second-order valence-electron chi connectivity index (χ2n) is 4.04. The lowest BCUT2D eigenvalue weighted by Gasteiger charge is -2.15. The minimum atomic E-state index is 0.387. The van der Waals surface area contributed by atoms with E-state index >= 15 is 0 Å². The average molecular weight is 242 g/mol. The van der Waals surface area contributed by atoms with Crippen LogP contribution in [0.1, 0.15) is 18.5 Å². The van der Waals surface area contributed by atoms with Crippen LogP contribution >= 0.6 is 11.6 Å². The van der Waals surface area contributed by atoms with E-state index in [1.54, 1.807) is 12.4 Å². The highest BCUT2D eigenvalue weighted by molar-refractivity contribution is 6.16. The number of alkyl halides is 1. The molecule has 88 valence electrons. The molecule has 4 nitrogen and oxygen atoms in total. The molecular formula is C11H16ClN3O. The van der Waals surface area contributed by atoms with Crippen molar-refractivity contribution in [1.82, 2.24) is 14.9 Å². The summed E-state index contributed by atoms with van der Waals surface area (Å²) in [4.78, 5) is 10.5. The van der Waals surface area contributed by atoms with Crippen LogP contribution in [0.2, 0.25) is 0 Å². The molecule has 1 aromatic rings. The summed E-state index contributed by atoms with van der Waals surface area (Å²) in [5.41, 5.74) is 0.768. The predicted octanol–water partition coefficient (Wildman–Crippen LogP) is 1.69. The summed E-state index contributed by atoms with van der Waals surface area (Å²) in [7, 11) is 2.13. The number of aromatic nitrogens is 2. The Bertz CT molecular complexity index is 327. The number of ether oxygens (including phenoxy) is 1. The van der Waals surface area contributed by atoms with E-state index in [1.165, 1.54) is 12.8 Å². The van der Waals surface area contributed by atoms with Crippen LogP contribution in [0.4, 0.5) is 0 Å². The molecule has 0 aliphatic heterocycles. The van der Waals surface area contributed by atoms with Crippen molar-refractivity contribution in [2.45, 2.75) is 24.8 Å². The summed E-state index contributed by atoms with van der Waals surface area (Å²) in [6.07, 6.45) is 5.91. The van der Waals surface area contributed by atoms with Gasteiger partial charge in [0.15, 0.2) is 0 Å². The van der Waals surface area contributed by atoms with Gasteiger partial charge in [-0.1, -0.05) is 0 Å². The summed E-state index contributed by atoms with van der Waals surface area (Å²) in [6, 6.07) is 0.772. The van der Waals surface area contributed by atoms with E-state index in [0.29, 0.717) is 18.4 Å². The first kappa shape index (κ1) is 11.6. The Hall–Kier alpha value is -0.870. The van der Waals surface area contributed by atoms with Crippen LogP contribution in [0.25, 0.3) is 0 Å². The Balaban J connectivity index is 1.71. The van der Waals surface area contributed by atoms with Gasteiger partial charge in [-0.05, 0) is 19.9 Å². The molecule has 1 aromatic heterocycles. The third-order valence-corrected chi connectivity index (χ3v) is 2.96. The number of rotatable bonds is 6.